The fourth-order valence-corrected chi connectivity index (χ4v) is 5.40. The number of thiazole rings is 1. The van der Waals surface area contributed by atoms with Crippen molar-refractivity contribution >= 4 is 46.3 Å². The van der Waals surface area contributed by atoms with Gasteiger partial charge in [0.25, 0.3) is 5.56 Å². The van der Waals surface area contributed by atoms with Crippen molar-refractivity contribution in [3.05, 3.63) is 88.2 Å². The van der Waals surface area contributed by atoms with Crippen LogP contribution in [0.4, 0.5) is 0 Å². The van der Waals surface area contributed by atoms with Crippen molar-refractivity contribution in [1.29, 1.82) is 0 Å². The number of nitrogens with zero attached hydrogens (tertiary/aromatic N) is 2. The molecule has 0 fully saturated rings. The number of rotatable bonds is 5. The van der Waals surface area contributed by atoms with E-state index in [1.54, 1.807) is 23.6 Å². The molecule has 1 aliphatic heterocycles. The number of benzene rings is 1. The van der Waals surface area contributed by atoms with Gasteiger partial charge in [0.15, 0.2) is 4.80 Å². The first-order chi connectivity index (χ1) is 14.9. The second-order valence-corrected chi connectivity index (χ2v) is 10.0. The Morgan fingerprint density at radius 1 is 1.29 bits per heavy atom. The fraction of sp³-hybridized carbons (Fsp3) is 0.261. The molecule has 0 radical (unpaired) electrons. The Labute approximate surface area is 192 Å². The number of hydrogen-bond donors (Lipinski definition) is 0. The van der Waals surface area contributed by atoms with E-state index in [-0.39, 0.29) is 11.5 Å². The number of ether oxygens (including phenoxy) is 1. The molecule has 1 aromatic carbocycles. The highest BCUT2D eigenvalue weighted by molar-refractivity contribution is 7.10. The largest absolute Gasteiger partial charge is 0.462 e. The number of thiophene rings is 1. The molecule has 160 valence electrons. The Hall–Kier alpha value is -2.48. The lowest BCUT2D eigenvalue weighted by molar-refractivity contribution is -0.140. The summed E-state index contributed by atoms with van der Waals surface area (Å²) in [6, 6.07) is 10.6. The van der Waals surface area contributed by atoms with E-state index in [0.29, 0.717) is 32.2 Å². The molecule has 0 bridgehead atoms. The number of hydrogen-bond acceptors (Lipinski definition) is 6. The summed E-state index contributed by atoms with van der Waals surface area (Å²) in [7, 11) is 0. The Morgan fingerprint density at radius 3 is 2.74 bits per heavy atom. The summed E-state index contributed by atoms with van der Waals surface area (Å²) in [6.07, 6.45) is 1.77. The molecule has 1 aliphatic rings. The van der Waals surface area contributed by atoms with Crippen molar-refractivity contribution in [2.75, 3.05) is 6.61 Å². The van der Waals surface area contributed by atoms with E-state index in [2.05, 4.69) is 4.99 Å². The van der Waals surface area contributed by atoms with Crippen molar-refractivity contribution in [1.82, 2.24) is 4.57 Å². The summed E-state index contributed by atoms with van der Waals surface area (Å²) in [5, 5.41) is 2.50. The first-order valence-electron chi connectivity index (χ1n) is 9.84. The zero-order chi connectivity index (χ0) is 22.1. The van der Waals surface area contributed by atoms with Gasteiger partial charge in [0.2, 0.25) is 0 Å². The van der Waals surface area contributed by atoms with Crippen LogP contribution in [0.2, 0.25) is 5.02 Å². The minimum atomic E-state index is -0.565. The summed E-state index contributed by atoms with van der Waals surface area (Å²) in [6.45, 7) is 6.06. The second kappa shape index (κ2) is 8.94. The molecular formula is C23H21ClN2O3S2. The van der Waals surface area contributed by atoms with E-state index in [0.717, 1.165) is 10.4 Å². The van der Waals surface area contributed by atoms with Crippen LogP contribution in [-0.4, -0.2) is 17.1 Å². The van der Waals surface area contributed by atoms with Crippen LogP contribution in [0, 0.1) is 5.92 Å². The number of aromatic nitrogens is 1. The van der Waals surface area contributed by atoms with Crippen LogP contribution in [0.5, 0.6) is 0 Å². The van der Waals surface area contributed by atoms with Gasteiger partial charge in [-0.05, 0) is 42.0 Å². The highest BCUT2D eigenvalue weighted by Crippen LogP contribution is 2.33. The Kier molecular flexibility index (Phi) is 6.27. The maximum Gasteiger partial charge on any atom is 0.338 e. The van der Waals surface area contributed by atoms with Crippen LogP contribution in [0.15, 0.2) is 62.8 Å². The fourth-order valence-electron chi connectivity index (χ4n) is 3.35. The van der Waals surface area contributed by atoms with E-state index < -0.39 is 12.0 Å². The molecule has 1 atom stereocenters. The van der Waals surface area contributed by atoms with Crippen molar-refractivity contribution in [2.45, 2.75) is 26.8 Å². The lowest BCUT2D eigenvalue weighted by Gasteiger charge is -2.23. The second-order valence-electron chi connectivity index (χ2n) is 7.61. The number of fused-ring (bicyclic) bond motifs is 1. The molecule has 0 aliphatic carbocycles. The molecule has 1 unspecified atom stereocenters. The van der Waals surface area contributed by atoms with Gasteiger partial charge in [-0.1, -0.05) is 61.1 Å². The lowest BCUT2D eigenvalue weighted by atomic mass is 10.0. The molecule has 31 heavy (non-hydrogen) atoms. The smallest absolute Gasteiger partial charge is 0.338 e. The summed E-state index contributed by atoms with van der Waals surface area (Å²) >= 11 is 9.07. The summed E-state index contributed by atoms with van der Waals surface area (Å²) in [5.41, 5.74) is 1.52. The van der Waals surface area contributed by atoms with E-state index in [9.17, 15) is 9.59 Å². The van der Waals surface area contributed by atoms with Crippen LogP contribution >= 0.6 is 34.3 Å². The topological polar surface area (TPSA) is 60.7 Å². The first-order valence-corrected chi connectivity index (χ1v) is 11.9. The number of esters is 1. The third kappa shape index (κ3) is 4.31. The quantitative estimate of drug-likeness (QED) is 0.524. The number of halogens is 1. The SMILES string of the molecule is CC1=C(C(=O)OCC(C)C)C(c2cccs2)n2c(s/c(=C/c3ccccc3Cl)c2=O)=N1. The molecule has 0 saturated heterocycles. The highest BCUT2D eigenvalue weighted by Gasteiger charge is 2.34. The predicted molar refractivity (Wildman–Crippen MR) is 125 cm³/mol. The van der Waals surface area contributed by atoms with E-state index in [1.807, 2.05) is 49.6 Å². The van der Waals surface area contributed by atoms with Gasteiger partial charge < -0.3 is 4.74 Å². The molecule has 4 rings (SSSR count). The Bertz CT molecular complexity index is 1330. The van der Waals surface area contributed by atoms with Gasteiger partial charge in [-0.3, -0.25) is 9.36 Å². The molecular weight excluding hydrogens is 452 g/mol. The minimum absolute atomic E-state index is 0.205. The maximum atomic E-state index is 13.4. The maximum absolute atomic E-state index is 13.4. The first kappa shape index (κ1) is 21.7. The normalized spacial score (nSPS) is 16.4. The molecule has 3 aromatic rings. The molecule has 0 amide bonds. The zero-order valence-electron chi connectivity index (χ0n) is 17.3. The van der Waals surface area contributed by atoms with E-state index >= 15 is 0 Å². The summed E-state index contributed by atoms with van der Waals surface area (Å²) in [5.74, 6) is -0.226. The molecule has 0 N–H and O–H groups in total. The average molecular weight is 473 g/mol. The summed E-state index contributed by atoms with van der Waals surface area (Å²) in [4.78, 5) is 32.5. The van der Waals surface area contributed by atoms with Crippen molar-refractivity contribution in [3.63, 3.8) is 0 Å². The van der Waals surface area contributed by atoms with Gasteiger partial charge >= 0.3 is 5.97 Å². The zero-order valence-corrected chi connectivity index (χ0v) is 19.7. The van der Waals surface area contributed by atoms with Crippen LogP contribution in [-0.2, 0) is 9.53 Å². The van der Waals surface area contributed by atoms with Crippen LogP contribution in [0.3, 0.4) is 0 Å². The molecule has 3 heterocycles. The molecule has 0 saturated carbocycles. The van der Waals surface area contributed by atoms with Crippen LogP contribution < -0.4 is 14.9 Å². The molecule has 0 spiro atoms. The predicted octanol–water partition coefficient (Wildman–Crippen LogP) is 4.15. The van der Waals surface area contributed by atoms with Gasteiger partial charge in [-0.15, -0.1) is 11.3 Å². The van der Waals surface area contributed by atoms with Gasteiger partial charge in [0.1, 0.15) is 6.04 Å². The van der Waals surface area contributed by atoms with Gasteiger partial charge in [0, 0.05) is 9.90 Å². The van der Waals surface area contributed by atoms with Gasteiger partial charge in [-0.25, -0.2) is 9.79 Å². The van der Waals surface area contributed by atoms with Crippen molar-refractivity contribution < 1.29 is 9.53 Å². The average Bonchev–Trinajstić information content (AvgIpc) is 3.36. The number of carbonyl (C=O) groups excluding carboxylic acids is 1. The van der Waals surface area contributed by atoms with Gasteiger partial charge in [-0.2, -0.15) is 0 Å². The van der Waals surface area contributed by atoms with Crippen LogP contribution in [0.1, 0.15) is 37.3 Å². The van der Waals surface area contributed by atoms with Gasteiger partial charge in [0.05, 0.1) is 22.4 Å². The standard InChI is InChI=1S/C23H21ClN2O3S2/c1-13(2)12-29-22(28)19-14(3)25-23-26(20(19)17-9-6-10-30-17)21(27)18(31-23)11-15-7-4-5-8-16(15)24/h4-11,13,20H,12H2,1-3H3/b18-11+. The minimum Gasteiger partial charge on any atom is -0.462 e. The van der Waals surface area contributed by atoms with E-state index in [4.69, 9.17) is 16.3 Å². The van der Waals surface area contributed by atoms with Crippen molar-refractivity contribution in [3.8, 4) is 0 Å². The van der Waals surface area contributed by atoms with Crippen LogP contribution in [0.25, 0.3) is 6.08 Å². The number of allylic oxidation sites excluding steroid dienone is 1. The lowest BCUT2D eigenvalue weighted by Crippen LogP contribution is -2.39. The Balaban J connectivity index is 1.89. The summed E-state index contributed by atoms with van der Waals surface area (Å²) < 4.78 is 7.63. The monoisotopic (exact) mass is 472 g/mol. The number of carbonyl (C=O) groups is 1. The highest BCUT2D eigenvalue weighted by atomic mass is 35.5. The molecule has 8 heteroatoms. The third-order valence-electron chi connectivity index (χ3n) is 4.79. The van der Waals surface area contributed by atoms with Crippen molar-refractivity contribution in [2.24, 2.45) is 10.9 Å². The molecule has 2 aromatic heterocycles. The Morgan fingerprint density at radius 2 is 2.06 bits per heavy atom. The molecule has 5 nitrogen and oxygen atoms in total. The third-order valence-corrected chi connectivity index (χ3v) is 7.05. The van der Waals surface area contributed by atoms with E-state index in [1.165, 1.54) is 22.7 Å².